The molecule has 0 amide bonds. The Morgan fingerprint density at radius 2 is 2.22 bits per heavy atom. The Labute approximate surface area is 64.6 Å². The predicted octanol–water partition coefficient (Wildman–Crippen LogP) is 1.93. The Hall–Kier alpha value is 0.440. The molecular formula is C7H13BrO. The summed E-state index contributed by atoms with van der Waals surface area (Å²) in [6, 6.07) is 0. The van der Waals surface area contributed by atoms with Crippen LogP contribution in [0.1, 0.15) is 25.7 Å². The molecule has 1 rings (SSSR count). The highest BCUT2D eigenvalue weighted by Gasteiger charge is 2.18. The van der Waals surface area contributed by atoms with Crippen molar-refractivity contribution >= 4 is 15.9 Å². The molecule has 1 saturated carbocycles. The van der Waals surface area contributed by atoms with E-state index in [0.717, 1.165) is 6.42 Å². The molecule has 54 valence electrons. The van der Waals surface area contributed by atoms with E-state index in [1.807, 2.05) is 0 Å². The molecule has 1 fully saturated rings. The number of halogens is 1. The van der Waals surface area contributed by atoms with E-state index < -0.39 is 0 Å². The zero-order valence-electron chi connectivity index (χ0n) is 5.52. The predicted molar refractivity (Wildman–Crippen MR) is 41.8 cm³/mol. The molecular weight excluding hydrogens is 180 g/mol. The Bertz CT molecular complexity index is 85.0. The van der Waals surface area contributed by atoms with Gasteiger partial charge in [0, 0.05) is 11.4 Å². The first-order valence-corrected chi connectivity index (χ1v) is 4.49. The SMILES string of the molecule is OCC1CCCC(Br)C1. The summed E-state index contributed by atoms with van der Waals surface area (Å²) in [6.07, 6.45) is 4.95. The highest BCUT2D eigenvalue weighted by atomic mass is 79.9. The van der Waals surface area contributed by atoms with E-state index >= 15 is 0 Å². The van der Waals surface area contributed by atoms with Crippen LogP contribution in [0.4, 0.5) is 0 Å². The van der Waals surface area contributed by atoms with Gasteiger partial charge in [-0.05, 0) is 25.2 Å². The molecule has 0 bridgehead atoms. The van der Waals surface area contributed by atoms with E-state index in [2.05, 4.69) is 15.9 Å². The number of hydrogen-bond acceptors (Lipinski definition) is 1. The molecule has 9 heavy (non-hydrogen) atoms. The van der Waals surface area contributed by atoms with Crippen molar-refractivity contribution in [1.29, 1.82) is 0 Å². The Morgan fingerprint density at radius 1 is 1.44 bits per heavy atom. The van der Waals surface area contributed by atoms with Gasteiger partial charge >= 0.3 is 0 Å². The molecule has 0 spiro atoms. The quantitative estimate of drug-likeness (QED) is 0.631. The molecule has 2 heteroatoms. The fourth-order valence-corrected chi connectivity index (χ4v) is 2.24. The standard InChI is InChI=1S/C7H13BrO/c8-7-3-1-2-6(4-7)5-9/h6-7,9H,1-5H2. The van der Waals surface area contributed by atoms with Crippen LogP contribution in [0, 0.1) is 5.92 Å². The van der Waals surface area contributed by atoms with Gasteiger partial charge in [-0.3, -0.25) is 0 Å². The van der Waals surface area contributed by atoms with Gasteiger partial charge in [0.1, 0.15) is 0 Å². The van der Waals surface area contributed by atoms with E-state index in [0.29, 0.717) is 17.4 Å². The molecule has 0 saturated heterocycles. The van der Waals surface area contributed by atoms with Crippen molar-refractivity contribution in [2.75, 3.05) is 6.61 Å². The maximum atomic E-state index is 8.79. The van der Waals surface area contributed by atoms with E-state index in [1.54, 1.807) is 0 Å². The van der Waals surface area contributed by atoms with Gasteiger partial charge in [0.25, 0.3) is 0 Å². The number of aliphatic hydroxyl groups excluding tert-OH is 1. The lowest BCUT2D eigenvalue weighted by atomic mass is 9.90. The van der Waals surface area contributed by atoms with Crippen molar-refractivity contribution in [2.45, 2.75) is 30.5 Å². The monoisotopic (exact) mass is 192 g/mol. The normalized spacial score (nSPS) is 36.7. The lowest BCUT2D eigenvalue weighted by Gasteiger charge is -2.23. The average molecular weight is 193 g/mol. The summed E-state index contributed by atoms with van der Waals surface area (Å²) < 4.78 is 0. The molecule has 0 aromatic rings. The molecule has 0 aromatic heterocycles. The van der Waals surface area contributed by atoms with Crippen LogP contribution >= 0.6 is 15.9 Å². The smallest absolute Gasteiger partial charge is 0.0459 e. The minimum Gasteiger partial charge on any atom is -0.396 e. The van der Waals surface area contributed by atoms with Gasteiger partial charge in [0.15, 0.2) is 0 Å². The molecule has 0 aromatic carbocycles. The summed E-state index contributed by atoms with van der Waals surface area (Å²) in [7, 11) is 0. The molecule has 1 nitrogen and oxygen atoms in total. The minimum absolute atomic E-state index is 0.377. The number of alkyl halides is 1. The fourth-order valence-electron chi connectivity index (χ4n) is 1.39. The van der Waals surface area contributed by atoms with E-state index in [1.165, 1.54) is 19.3 Å². The summed E-state index contributed by atoms with van der Waals surface area (Å²) in [6.45, 7) is 0.377. The van der Waals surface area contributed by atoms with Gasteiger partial charge in [0.05, 0.1) is 0 Å². The molecule has 0 aliphatic heterocycles. The van der Waals surface area contributed by atoms with Gasteiger partial charge in [0.2, 0.25) is 0 Å². The largest absolute Gasteiger partial charge is 0.396 e. The molecule has 2 atom stereocenters. The van der Waals surface area contributed by atoms with Crippen molar-refractivity contribution in [3.8, 4) is 0 Å². The maximum absolute atomic E-state index is 8.79. The first kappa shape index (κ1) is 7.55. The van der Waals surface area contributed by atoms with Crippen LogP contribution in [0.25, 0.3) is 0 Å². The average Bonchev–Trinajstić information content (AvgIpc) is 1.88. The van der Waals surface area contributed by atoms with Gasteiger partial charge < -0.3 is 5.11 Å². The van der Waals surface area contributed by atoms with Crippen molar-refractivity contribution < 1.29 is 5.11 Å². The summed E-state index contributed by atoms with van der Waals surface area (Å²) >= 11 is 3.56. The van der Waals surface area contributed by atoms with Crippen molar-refractivity contribution in [3.05, 3.63) is 0 Å². The first-order valence-electron chi connectivity index (χ1n) is 3.58. The van der Waals surface area contributed by atoms with Gasteiger partial charge in [-0.2, -0.15) is 0 Å². The highest BCUT2D eigenvalue weighted by Crippen LogP contribution is 2.28. The first-order chi connectivity index (χ1) is 4.33. The number of aliphatic hydroxyl groups is 1. The molecule has 1 N–H and O–H groups in total. The van der Waals surface area contributed by atoms with Crippen LogP contribution in [0.15, 0.2) is 0 Å². The fraction of sp³-hybridized carbons (Fsp3) is 1.00. The third-order valence-electron chi connectivity index (χ3n) is 1.98. The van der Waals surface area contributed by atoms with Crippen LogP contribution in [-0.2, 0) is 0 Å². The van der Waals surface area contributed by atoms with Gasteiger partial charge in [-0.25, -0.2) is 0 Å². The third kappa shape index (κ3) is 2.26. The van der Waals surface area contributed by atoms with E-state index in [4.69, 9.17) is 5.11 Å². The Kier molecular flexibility index (Phi) is 2.99. The second kappa shape index (κ2) is 3.57. The van der Waals surface area contributed by atoms with E-state index in [9.17, 15) is 0 Å². The van der Waals surface area contributed by atoms with Crippen LogP contribution in [0.3, 0.4) is 0 Å². The third-order valence-corrected chi connectivity index (χ3v) is 2.81. The Morgan fingerprint density at radius 3 is 2.67 bits per heavy atom. The molecule has 1 aliphatic rings. The lowest BCUT2D eigenvalue weighted by molar-refractivity contribution is 0.193. The molecule has 2 unspecified atom stereocenters. The zero-order valence-corrected chi connectivity index (χ0v) is 7.10. The summed E-state index contributed by atoms with van der Waals surface area (Å²) in [5.74, 6) is 0.572. The lowest BCUT2D eigenvalue weighted by Crippen LogP contribution is -2.17. The Balaban J connectivity index is 2.23. The molecule has 1 aliphatic carbocycles. The van der Waals surface area contributed by atoms with Gasteiger partial charge in [-0.1, -0.05) is 22.4 Å². The number of hydrogen-bond donors (Lipinski definition) is 1. The highest BCUT2D eigenvalue weighted by molar-refractivity contribution is 9.09. The second-order valence-electron chi connectivity index (χ2n) is 2.81. The van der Waals surface area contributed by atoms with Crippen molar-refractivity contribution in [3.63, 3.8) is 0 Å². The van der Waals surface area contributed by atoms with Crippen LogP contribution in [-0.4, -0.2) is 16.5 Å². The summed E-state index contributed by atoms with van der Waals surface area (Å²) in [4.78, 5) is 0.670. The summed E-state index contributed by atoms with van der Waals surface area (Å²) in [5.41, 5.74) is 0. The van der Waals surface area contributed by atoms with E-state index in [-0.39, 0.29) is 0 Å². The van der Waals surface area contributed by atoms with Crippen LogP contribution < -0.4 is 0 Å². The topological polar surface area (TPSA) is 20.2 Å². The second-order valence-corrected chi connectivity index (χ2v) is 4.11. The maximum Gasteiger partial charge on any atom is 0.0459 e. The molecule has 0 heterocycles. The van der Waals surface area contributed by atoms with Crippen molar-refractivity contribution in [2.24, 2.45) is 5.92 Å². The number of rotatable bonds is 1. The van der Waals surface area contributed by atoms with Gasteiger partial charge in [-0.15, -0.1) is 0 Å². The van der Waals surface area contributed by atoms with Crippen LogP contribution in [0.5, 0.6) is 0 Å². The zero-order chi connectivity index (χ0) is 6.69. The molecule has 0 radical (unpaired) electrons. The van der Waals surface area contributed by atoms with Crippen molar-refractivity contribution in [1.82, 2.24) is 0 Å². The van der Waals surface area contributed by atoms with Crippen LogP contribution in [0.2, 0.25) is 0 Å². The minimum atomic E-state index is 0.377. The summed E-state index contributed by atoms with van der Waals surface area (Å²) in [5, 5.41) is 8.79.